The summed E-state index contributed by atoms with van der Waals surface area (Å²) in [6.45, 7) is 5.96. The quantitative estimate of drug-likeness (QED) is 0.763. The lowest BCUT2D eigenvalue weighted by atomic mass is 9.79. The SMILES string of the molecule is CC(C)CCN(C1CC1)C1CCCC(N)(CO)C1. The number of aliphatic hydroxyl groups excluding tert-OH is 1. The van der Waals surface area contributed by atoms with Gasteiger partial charge < -0.3 is 10.8 Å². The highest BCUT2D eigenvalue weighted by Gasteiger charge is 2.39. The summed E-state index contributed by atoms with van der Waals surface area (Å²) >= 11 is 0. The van der Waals surface area contributed by atoms with Crippen LogP contribution in [0.2, 0.25) is 0 Å². The van der Waals surface area contributed by atoms with Gasteiger partial charge in [0.2, 0.25) is 0 Å². The van der Waals surface area contributed by atoms with Gasteiger partial charge in [-0.15, -0.1) is 0 Å². The first-order chi connectivity index (χ1) is 8.54. The molecule has 0 aromatic heterocycles. The monoisotopic (exact) mass is 254 g/mol. The Labute approximate surface area is 112 Å². The Balaban J connectivity index is 1.93. The molecule has 18 heavy (non-hydrogen) atoms. The molecule has 3 nitrogen and oxygen atoms in total. The third-order valence-corrected chi connectivity index (χ3v) is 4.62. The summed E-state index contributed by atoms with van der Waals surface area (Å²) in [5.74, 6) is 0.773. The van der Waals surface area contributed by atoms with Gasteiger partial charge in [-0.05, 0) is 57.4 Å². The van der Waals surface area contributed by atoms with E-state index in [9.17, 15) is 5.11 Å². The normalized spacial score (nSPS) is 33.3. The summed E-state index contributed by atoms with van der Waals surface area (Å²) in [7, 11) is 0. The number of hydrogen-bond donors (Lipinski definition) is 2. The molecule has 0 amide bonds. The Hall–Kier alpha value is -0.120. The molecule has 0 aromatic carbocycles. The van der Waals surface area contributed by atoms with Gasteiger partial charge in [-0.3, -0.25) is 4.90 Å². The molecule has 3 N–H and O–H groups in total. The molecule has 2 aliphatic rings. The minimum Gasteiger partial charge on any atom is -0.394 e. The maximum Gasteiger partial charge on any atom is 0.0611 e. The Morgan fingerprint density at radius 2 is 2.00 bits per heavy atom. The molecule has 2 rings (SSSR count). The minimum atomic E-state index is -0.312. The molecule has 0 bridgehead atoms. The van der Waals surface area contributed by atoms with Crippen molar-refractivity contribution >= 4 is 0 Å². The zero-order chi connectivity index (χ0) is 13.2. The van der Waals surface area contributed by atoms with Crippen molar-refractivity contribution in [1.29, 1.82) is 0 Å². The zero-order valence-electron chi connectivity index (χ0n) is 12.1. The number of nitrogens with zero attached hydrogens (tertiary/aromatic N) is 1. The summed E-state index contributed by atoms with van der Waals surface area (Å²) in [6, 6.07) is 1.43. The summed E-state index contributed by atoms with van der Waals surface area (Å²) in [6.07, 6.45) is 8.43. The molecule has 3 heteroatoms. The van der Waals surface area contributed by atoms with E-state index in [1.165, 1.54) is 38.6 Å². The van der Waals surface area contributed by atoms with Crippen molar-refractivity contribution in [3.8, 4) is 0 Å². The largest absolute Gasteiger partial charge is 0.394 e. The van der Waals surface area contributed by atoms with Gasteiger partial charge in [-0.2, -0.15) is 0 Å². The van der Waals surface area contributed by atoms with E-state index >= 15 is 0 Å². The van der Waals surface area contributed by atoms with E-state index in [-0.39, 0.29) is 12.1 Å². The molecule has 0 radical (unpaired) electrons. The molecule has 2 aliphatic carbocycles. The van der Waals surface area contributed by atoms with E-state index in [0.29, 0.717) is 6.04 Å². The van der Waals surface area contributed by atoms with E-state index in [1.54, 1.807) is 0 Å². The maximum absolute atomic E-state index is 9.48. The van der Waals surface area contributed by atoms with Crippen molar-refractivity contribution in [1.82, 2.24) is 4.90 Å². The summed E-state index contributed by atoms with van der Waals surface area (Å²) in [4.78, 5) is 2.70. The minimum absolute atomic E-state index is 0.145. The number of nitrogens with two attached hydrogens (primary N) is 1. The second kappa shape index (κ2) is 5.89. The van der Waals surface area contributed by atoms with Crippen molar-refractivity contribution in [2.45, 2.75) is 76.4 Å². The third-order valence-electron chi connectivity index (χ3n) is 4.62. The fourth-order valence-electron chi connectivity index (χ4n) is 3.27. The highest BCUT2D eigenvalue weighted by Crippen LogP contribution is 2.36. The molecular weight excluding hydrogens is 224 g/mol. The molecule has 0 spiro atoms. The molecule has 106 valence electrons. The smallest absolute Gasteiger partial charge is 0.0611 e. The van der Waals surface area contributed by atoms with E-state index < -0.39 is 0 Å². The van der Waals surface area contributed by atoms with Crippen LogP contribution < -0.4 is 5.73 Å². The van der Waals surface area contributed by atoms with Crippen LogP contribution in [0.5, 0.6) is 0 Å². The van der Waals surface area contributed by atoms with Gasteiger partial charge in [0.15, 0.2) is 0 Å². The topological polar surface area (TPSA) is 49.5 Å². The van der Waals surface area contributed by atoms with Crippen LogP contribution in [0, 0.1) is 5.92 Å². The lowest BCUT2D eigenvalue weighted by molar-refractivity contribution is 0.0735. The number of aliphatic hydroxyl groups is 1. The third kappa shape index (κ3) is 3.69. The summed E-state index contributed by atoms with van der Waals surface area (Å²) in [5.41, 5.74) is 5.97. The average Bonchev–Trinajstić information content (AvgIpc) is 3.14. The van der Waals surface area contributed by atoms with Crippen molar-refractivity contribution < 1.29 is 5.11 Å². The van der Waals surface area contributed by atoms with Gasteiger partial charge >= 0.3 is 0 Å². The Morgan fingerprint density at radius 3 is 2.56 bits per heavy atom. The highest BCUT2D eigenvalue weighted by atomic mass is 16.3. The van der Waals surface area contributed by atoms with Crippen LogP contribution in [0.1, 0.15) is 58.8 Å². The Morgan fingerprint density at radius 1 is 1.28 bits per heavy atom. The molecule has 0 aromatic rings. The first-order valence-electron chi connectivity index (χ1n) is 7.69. The molecule has 0 aliphatic heterocycles. The van der Waals surface area contributed by atoms with E-state index in [2.05, 4.69) is 18.7 Å². The van der Waals surface area contributed by atoms with E-state index in [1.807, 2.05) is 0 Å². The second-order valence-electron chi connectivity index (χ2n) is 6.92. The van der Waals surface area contributed by atoms with Crippen molar-refractivity contribution in [2.24, 2.45) is 11.7 Å². The van der Waals surface area contributed by atoms with Gasteiger partial charge in [-0.25, -0.2) is 0 Å². The molecule has 0 saturated heterocycles. The Bertz CT molecular complexity index is 265. The summed E-state index contributed by atoms with van der Waals surface area (Å²) < 4.78 is 0. The van der Waals surface area contributed by atoms with Gasteiger partial charge in [0, 0.05) is 17.6 Å². The van der Waals surface area contributed by atoms with Crippen LogP contribution in [0.4, 0.5) is 0 Å². The lowest BCUT2D eigenvalue weighted by Crippen LogP contribution is -2.53. The lowest BCUT2D eigenvalue weighted by Gasteiger charge is -2.42. The molecule has 2 atom stereocenters. The molecule has 0 heterocycles. The molecular formula is C15H30N2O. The Kier molecular flexibility index (Phi) is 4.68. The summed E-state index contributed by atoms with van der Waals surface area (Å²) in [5, 5.41) is 9.48. The van der Waals surface area contributed by atoms with Crippen LogP contribution in [-0.4, -0.2) is 40.8 Å². The number of rotatable bonds is 6. The van der Waals surface area contributed by atoms with Crippen molar-refractivity contribution in [2.75, 3.05) is 13.2 Å². The van der Waals surface area contributed by atoms with Gasteiger partial charge in [0.1, 0.15) is 0 Å². The maximum atomic E-state index is 9.48. The van der Waals surface area contributed by atoms with Crippen LogP contribution in [-0.2, 0) is 0 Å². The van der Waals surface area contributed by atoms with Gasteiger partial charge in [-0.1, -0.05) is 13.8 Å². The van der Waals surface area contributed by atoms with Crippen molar-refractivity contribution in [3.05, 3.63) is 0 Å². The predicted molar refractivity (Wildman–Crippen MR) is 75.4 cm³/mol. The number of hydrogen-bond acceptors (Lipinski definition) is 3. The fourth-order valence-corrected chi connectivity index (χ4v) is 3.27. The molecule has 2 saturated carbocycles. The standard InChI is InChI=1S/C15H30N2O/c1-12(2)7-9-17(13-5-6-13)14-4-3-8-15(16,10-14)11-18/h12-14,18H,3-11,16H2,1-2H3. The zero-order valence-corrected chi connectivity index (χ0v) is 12.1. The predicted octanol–water partition coefficient (Wildman–Crippen LogP) is 2.13. The first-order valence-corrected chi connectivity index (χ1v) is 7.69. The van der Waals surface area contributed by atoms with Gasteiger partial charge in [0.25, 0.3) is 0 Å². The van der Waals surface area contributed by atoms with Crippen LogP contribution in [0.3, 0.4) is 0 Å². The second-order valence-corrected chi connectivity index (χ2v) is 6.92. The molecule has 2 fully saturated rings. The average molecular weight is 254 g/mol. The fraction of sp³-hybridized carbons (Fsp3) is 1.00. The van der Waals surface area contributed by atoms with Gasteiger partial charge in [0.05, 0.1) is 6.61 Å². The first kappa shape index (κ1) is 14.3. The van der Waals surface area contributed by atoms with Crippen molar-refractivity contribution in [3.63, 3.8) is 0 Å². The van der Waals surface area contributed by atoms with Crippen LogP contribution in [0.15, 0.2) is 0 Å². The van der Waals surface area contributed by atoms with E-state index in [4.69, 9.17) is 5.73 Å². The highest BCUT2D eigenvalue weighted by molar-refractivity contribution is 4.97. The molecule has 2 unspecified atom stereocenters. The van der Waals surface area contributed by atoms with E-state index in [0.717, 1.165) is 24.8 Å². The van der Waals surface area contributed by atoms with Crippen LogP contribution >= 0.6 is 0 Å². The van der Waals surface area contributed by atoms with Crippen LogP contribution in [0.25, 0.3) is 0 Å².